The maximum atomic E-state index is 13.0. The molecule has 1 amide bonds. The number of amides is 1. The van der Waals surface area contributed by atoms with Crippen molar-refractivity contribution < 1.29 is 35.4 Å². The van der Waals surface area contributed by atoms with Gasteiger partial charge in [-0.25, -0.2) is 4.79 Å². The predicted molar refractivity (Wildman–Crippen MR) is 99.8 cm³/mol. The Morgan fingerprint density at radius 3 is 2.41 bits per heavy atom. The third-order valence-corrected chi connectivity index (χ3v) is 6.26. The minimum absolute atomic E-state index is 0. The van der Waals surface area contributed by atoms with Crippen LogP contribution < -0.4 is 21.9 Å². The molecule has 3 atom stereocenters. The minimum Gasteiger partial charge on any atom is -1.00 e. The summed E-state index contributed by atoms with van der Waals surface area (Å²) in [5.41, 5.74) is 1.79. The Morgan fingerprint density at radius 2 is 1.81 bits per heavy atom. The maximum absolute atomic E-state index is 13.0. The number of halogens is 1. The normalized spacial score (nSPS) is 25.5. The van der Waals surface area contributed by atoms with Gasteiger partial charge in [-0.2, -0.15) is 0 Å². The van der Waals surface area contributed by atoms with Crippen molar-refractivity contribution in [2.24, 2.45) is 0 Å². The summed E-state index contributed by atoms with van der Waals surface area (Å²) in [7, 11) is 4.63. The van der Waals surface area contributed by atoms with Gasteiger partial charge >= 0.3 is 6.09 Å². The molecule has 27 heavy (non-hydrogen) atoms. The molecule has 4 rings (SSSR count). The minimum atomic E-state index is -0.269. The van der Waals surface area contributed by atoms with E-state index in [2.05, 4.69) is 14.1 Å². The zero-order valence-electron chi connectivity index (χ0n) is 15.9. The van der Waals surface area contributed by atoms with Crippen LogP contribution in [0.1, 0.15) is 31.2 Å². The van der Waals surface area contributed by atoms with Crippen molar-refractivity contribution >= 4 is 11.8 Å². The highest BCUT2D eigenvalue weighted by molar-refractivity contribution is 5.87. The van der Waals surface area contributed by atoms with E-state index in [9.17, 15) is 4.79 Å². The summed E-state index contributed by atoms with van der Waals surface area (Å²) in [6.07, 6.45) is 7.45. The Bertz CT molecular complexity index is 732. The average Bonchev–Trinajstić information content (AvgIpc) is 3.16. The van der Waals surface area contributed by atoms with Crippen LogP contribution >= 0.6 is 0 Å². The zero-order valence-corrected chi connectivity index (χ0v) is 17.5. The molecule has 0 unspecified atom stereocenters. The second kappa shape index (κ2) is 8.07. The zero-order chi connectivity index (χ0) is 18.1. The van der Waals surface area contributed by atoms with Crippen LogP contribution in [0.15, 0.2) is 53.3 Å². The highest BCUT2D eigenvalue weighted by atomic mass is 79.9. The van der Waals surface area contributed by atoms with E-state index in [1.165, 1.54) is 12.8 Å². The van der Waals surface area contributed by atoms with Crippen LogP contribution in [0.5, 0.6) is 0 Å². The van der Waals surface area contributed by atoms with E-state index < -0.39 is 0 Å². The SMILES string of the molecule is C[N+]1(C)[C@@H]2CC[C@H]1C[C@@H](OC(=O)N(Cc1ccoc1)c1ccccc1)C2.[Br-]. The quantitative estimate of drug-likeness (QED) is 0.678. The second-order valence-corrected chi connectivity index (χ2v) is 8.04. The van der Waals surface area contributed by atoms with Gasteiger partial charge in [-0.1, -0.05) is 18.2 Å². The fourth-order valence-electron chi connectivity index (χ4n) is 4.57. The van der Waals surface area contributed by atoms with Crippen molar-refractivity contribution in [3.8, 4) is 0 Å². The molecule has 2 aliphatic heterocycles. The molecule has 2 bridgehead atoms. The number of hydrogen-bond acceptors (Lipinski definition) is 3. The number of ether oxygens (including phenoxy) is 1. The van der Waals surface area contributed by atoms with Crippen LogP contribution in [-0.2, 0) is 11.3 Å². The third-order valence-electron chi connectivity index (χ3n) is 6.26. The molecule has 1 aromatic heterocycles. The molecular formula is C21H27BrN2O3. The molecule has 0 radical (unpaired) electrons. The number of rotatable bonds is 4. The summed E-state index contributed by atoms with van der Waals surface area (Å²) in [6, 6.07) is 12.8. The van der Waals surface area contributed by atoms with E-state index >= 15 is 0 Å². The molecule has 146 valence electrons. The Morgan fingerprint density at radius 1 is 1.15 bits per heavy atom. The predicted octanol–water partition coefficient (Wildman–Crippen LogP) is 1.20. The van der Waals surface area contributed by atoms with Gasteiger partial charge in [0.25, 0.3) is 0 Å². The molecule has 2 saturated heterocycles. The molecule has 0 spiro atoms. The number of quaternary nitrogens is 1. The highest BCUT2D eigenvalue weighted by Crippen LogP contribution is 2.40. The number of benzene rings is 1. The fourth-order valence-corrected chi connectivity index (χ4v) is 4.57. The molecule has 0 saturated carbocycles. The largest absolute Gasteiger partial charge is 1.00 e. The Labute approximate surface area is 171 Å². The van der Waals surface area contributed by atoms with Crippen LogP contribution in [-0.4, -0.2) is 42.9 Å². The van der Waals surface area contributed by atoms with Gasteiger partial charge in [0.1, 0.15) is 6.10 Å². The van der Waals surface area contributed by atoms with Crippen LogP contribution in [0.3, 0.4) is 0 Å². The van der Waals surface area contributed by atoms with Crippen LogP contribution in [0.4, 0.5) is 10.5 Å². The summed E-state index contributed by atoms with van der Waals surface area (Å²) in [4.78, 5) is 14.7. The van der Waals surface area contributed by atoms with Crippen molar-refractivity contribution in [2.45, 2.75) is 50.4 Å². The highest BCUT2D eigenvalue weighted by Gasteiger charge is 2.50. The second-order valence-electron chi connectivity index (χ2n) is 8.04. The summed E-state index contributed by atoms with van der Waals surface area (Å²) in [5, 5.41) is 0. The lowest BCUT2D eigenvalue weighted by atomic mass is 9.98. The summed E-state index contributed by atoms with van der Waals surface area (Å²) in [5.74, 6) is 0. The molecule has 2 fully saturated rings. The first kappa shape index (κ1) is 20.0. The van der Waals surface area contributed by atoms with Gasteiger partial charge in [0.15, 0.2) is 0 Å². The van der Waals surface area contributed by atoms with E-state index in [0.29, 0.717) is 18.6 Å². The maximum Gasteiger partial charge on any atom is 0.414 e. The number of para-hydroxylation sites is 1. The molecule has 3 heterocycles. The van der Waals surface area contributed by atoms with Crippen molar-refractivity contribution in [3.05, 3.63) is 54.5 Å². The Kier molecular flexibility index (Phi) is 5.96. The fraction of sp³-hybridized carbons (Fsp3) is 0.476. The first-order chi connectivity index (χ1) is 12.5. The first-order valence-corrected chi connectivity index (χ1v) is 9.41. The van der Waals surface area contributed by atoms with Gasteiger partial charge in [-0.3, -0.25) is 4.90 Å². The van der Waals surface area contributed by atoms with Crippen LogP contribution in [0.2, 0.25) is 0 Å². The molecule has 0 aliphatic carbocycles. The number of carbonyl (C=O) groups excluding carboxylic acids is 1. The van der Waals surface area contributed by atoms with Crippen molar-refractivity contribution in [1.29, 1.82) is 0 Å². The number of piperidine rings is 1. The molecule has 2 aliphatic rings. The van der Waals surface area contributed by atoms with Gasteiger partial charge in [0.05, 0.1) is 45.3 Å². The Balaban J connectivity index is 0.00000210. The summed E-state index contributed by atoms with van der Waals surface area (Å²) < 4.78 is 12.2. The summed E-state index contributed by atoms with van der Waals surface area (Å²) in [6.45, 7) is 0.445. The van der Waals surface area contributed by atoms with Gasteiger partial charge in [0.2, 0.25) is 0 Å². The number of furan rings is 1. The van der Waals surface area contributed by atoms with Gasteiger partial charge in [0, 0.05) is 36.9 Å². The lowest BCUT2D eigenvalue weighted by molar-refractivity contribution is -0.931. The summed E-state index contributed by atoms with van der Waals surface area (Å²) >= 11 is 0. The van der Waals surface area contributed by atoms with E-state index in [1.807, 2.05) is 36.4 Å². The lowest BCUT2D eigenvalue weighted by Crippen LogP contribution is -3.00. The first-order valence-electron chi connectivity index (χ1n) is 9.41. The van der Waals surface area contributed by atoms with Gasteiger partial charge in [-0.15, -0.1) is 0 Å². The number of anilines is 1. The van der Waals surface area contributed by atoms with Crippen LogP contribution in [0, 0.1) is 0 Å². The molecule has 0 N–H and O–H groups in total. The Hall–Kier alpha value is -1.79. The van der Waals surface area contributed by atoms with E-state index in [4.69, 9.17) is 9.15 Å². The lowest BCUT2D eigenvalue weighted by Gasteiger charge is -2.44. The molecule has 6 heteroatoms. The topological polar surface area (TPSA) is 42.7 Å². The van der Waals surface area contributed by atoms with Crippen molar-refractivity contribution in [3.63, 3.8) is 0 Å². The van der Waals surface area contributed by atoms with E-state index in [1.54, 1.807) is 17.4 Å². The molecule has 2 aromatic rings. The standard InChI is InChI=1S/C21H27N2O3.BrH/c1-23(2)18-8-9-19(23)13-20(12-18)26-21(24)22(14-16-10-11-25-15-16)17-6-4-3-5-7-17;/h3-7,10-11,15,18-20H,8-9,12-14H2,1-2H3;1H/q+1;/p-1/t18-,19+,20+;. The number of carbonyl (C=O) groups is 1. The van der Waals surface area contributed by atoms with Gasteiger partial charge < -0.3 is 30.6 Å². The van der Waals surface area contributed by atoms with E-state index in [-0.39, 0.29) is 29.2 Å². The molecule has 5 nitrogen and oxygen atoms in total. The molecule has 1 aromatic carbocycles. The number of nitrogens with zero attached hydrogens (tertiary/aromatic N) is 2. The third kappa shape index (κ3) is 4.06. The van der Waals surface area contributed by atoms with Crippen molar-refractivity contribution in [2.75, 3.05) is 19.0 Å². The monoisotopic (exact) mass is 434 g/mol. The number of fused-ring (bicyclic) bond motifs is 2. The average molecular weight is 435 g/mol. The number of hydrogen-bond donors (Lipinski definition) is 0. The van der Waals surface area contributed by atoms with Crippen molar-refractivity contribution in [1.82, 2.24) is 0 Å². The van der Waals surface area contributed by atoms with Gasteiger partial charge in [-0.05, 0) is 18.2 Å². The smallest absolute Gasteiger partial charge is 0.414 e. The van der Waals surface area contributed by atoms with Crippen LogP contribution in [0.25, 0.3) is 0 Å². The van der Waals surface area contributed by atoms with E-state index in [0.717, 1.165) is 28.6 Å². The molecular weight excluding hydrogens is 408 g/mol.